The smallest absolute Gasteiger partial charge is 0.108 e. The molecular formula is C17H33NO3. The van der Waals surface area contributed by atoms with E-state index in [1.807, 2.05) is 6.92 Å². The van der Waals surface area contributed by atoms with E-state index in [-0.39, 0.29) is 6.04 Å². The van der Waals surface area contributed by atoms with Gasteiger partial charge in [0.2, 0.25) is 0 Å². The van der Waals surface area contributed by atoms with Crippen molar-refractivity contribution in [2.24, 2.45) is 17.3 Å². The number of piperidine rings is 1. The molecule has 21 heavy (non-hydrogen) atoms. The molecule has 0 amide bonds. The fourth-order valence-corrected chi connectivity index (χ4v) is 4.03. The number of likely N-dealkylation sites (tertiary alicyclic amines) is 1. The molecule has 0 aromatic rings. The Balaban J connectivity index is 1.86. The van der Waals surface area contributed by atoms with Gasteiger partial charge in [-0.25, -0.2) is 0 Å². The van der Waals surface area contributed by atoms with Crippen LogP contribution in [0.2, 0.25) is 0 Å². The molecule has 1 saturated heterocycles. The molecule has 2 fully saturated rings. The van der Waals surface area contributed by atoms with Crippen molar-refractivity contribution in [3.63, 3.8) is 0 Å². The molecule has 0 aromatic heterocycles. The van der Waals surface area contributed by atoms with Gasteiger partial charge in [-0.2, -0.15) is 0 Å². The third kappa shape index (κ3) is 3.98. The Labute approximate surface area is 129 Å². The molecule has 1 heterocycles. The van der Waals surface area contributed by atoms with Gasteiger partial charge in [0, 0.05) is 19.1 Å². The topological polar surface area (TPSA) is 63.9 Å². The summed E-state index contributed by atoms with van der Waals surface area (Å²) in [5, 5.41) is 29.6. The lowest BCUT2D eigenvalue weighted by atomic mass is 9.69. The highest BCUT2D eigenvalue weighted by Crippen LogP contribution is 2.40. The van der Waals surface area contributed by atoms with Crippen molar-refractivity contribution in [3.05, 3.63) is 0 Å². The molecule has 3 N–H and O–H groups in total. The summed E-state index contributed by atoms with van der Waals surface area (Å²) in [4.78, 5) is 2.16. The summed E-state index contributed by atoms with van der Waals surface area (Å²) < 4.78 is 0. The van der Waals surface area contributed by atoms with Crippen molar-refractivity contribution in [2.45, 2.75) is 77.7 Å². The average Bonchev–Trinajstić information content (AvgIpc) is 2.42. The summed E-state index contributed by atoms with van der Waals surface area (Å²) in [6, 6.07) is -0.0799. The fraction of sp³-hybridized carbons (Fsp3) is 1.00. The van der Waals surface area contributed by atoms with Gasteiger partial charge in [-0.05, 0) is 49.9 Å². The first-order valence-corrected chi connectivity index (χ1v) is 8.48. The minimum absolute atomic E-state index is 0.0799. The Bertz CT molecular complexity index is 333. The van der Waals surface area contributed by atoms with E-state index in [2.05, 4.69) is 25.7 Å². The highest BCUT2D eigenvalue weighted by atomic mass is 16.4. The Morgan fingerprint density at radius 2 is 1.52 bits per heavy atom. The summed E-state index contributed by atoms with van der Waals surface area (Å²) in [6.07, 6.45) is 2.35. The van der Waals surface area contributed by atoms with E-state index in [1.165, 1.54) is 25.7 Å². The molecule has 0 aromatic carbocycles. The second-order valence-electron chi connectivity index (χ2n) is 8.33. The molecule has 0 radical (unpaired) electrons. The highest BCUT2D eigenvalue weighted by Gasteiger charge is 2.40. The minimum Gasteiger partial charge on any atom is -0.389 e. The highest BCUT2D eigenvalue weighted by molar-refractivity contribution is 4.93. The van der Waals surface area contributed by atoms with E-state index >= 15 is 0 Å². The Kier molecular flexibility index (Phi) is 5.35. The first-order chi connectivity index (χ1) is 9.70. The first-order valence-electron chi connectivity index (χ1n) is 8.48. The maximum Gasteiger partial charge on any atom is 0.108 e. The van der Waals surface area contributed by atoms with Gasteiger partial charge in [0.25, 0.3) is 0 Å². The van der Waals surface area contributed by atoms with Crippen molar-refractivity contribution in [2.75, 3.05) is 13.1 Å². The van der Waals surface area contributed by atoms with Crippen LogP contribution in [0.5, 0.6) is 0 Å². The molecule has 4 nitrogen and oxygen atoms in total. The Hall–Kier alpha value is -0.160. The van der Waals surface area contributed by atoms with Crippen LogP contribution in [-0.4, -0.2) is 57.7 Å². The van der Waals surface area contributed by atoms with E-state index in [0.717, 1.165) is 12.5 Å². The summed E-state index contributed by atoms with van der Waals surface area (Å²) in [7, 11) is 0. The molecule has 2 aliphatic rings. The molecule has 1 aliphatic carbocycles. The lowest BCUT2D eigenvalue weighted by Gasteiger charge is -2.45. The van der Waals surface area contributed by atoms with Gasteiger partial charge in [0.1, 0.15) is 6.10 Å². The third-order valence-corrected chi connectivity index (χ3v) is 5.80. The zero-order valence-corrected chi connectivity index (χ0v) is 14.0. The van der Waals surface area contributed by atoms with Crippen molar-refractivity contribution >= 4 is 0 Å². The zero-order valence-electron chi connectivity index (χ0n) is 14.0. The van der Waals surface area contributed by atoms with Gasteiger partial charge in [-0.15, -0.1) is 0 Å². The Morgan fingerprint density at radius 3 is 2.05 bits per heavy atom. The molecule has 0 unspecified atom stereocenters. The summed E-state index contributed by atoms with van der Waals surface area (Å²) in [6.45, 7) is 10.3. The van der Waals surface area contributed by atoms with Crippen molar-refractivity contribution in [1.82, 2.24) is 4.90 Å². The molecule has 1 saturated carbocycles. The maximum absolute atomic E-state index is 10.0. The number of rotatable bonds is 2. The van der Waals surface area contributed by atoms with Crippen LogP contribution in [0.25, 0.3) is 0 Å². The van der Waals surface area contributed by atoms with Gasteiger partial charge in [-0.1, -0.05) is 20.8 Å². The average molecular weight is 299 g/mol. The number of hydrogen-bond acceptors (Lipinski definition) is 4. The third-order valence-electron chi connectivity index (χ3n) is 5.80. The zero-order chi connectivity index (χ0) is 15.8. The fourth-order valence-electron chi connectivity index (χ4n) is 4.03. The van der Waals surface area contributed by atoms with E-state index in [9.17, 15) is 15.3 Å². The predicted octanol–water partition coefficient (Wildman–Crippen LogP) is 1.63. The number of hydrogen-bond donors (Lipinski definition) is 3. The van der Waals surface area contributed by atoms with Crippen molar-refractivity contribution in [1.29, 1.82) is 0 Å². The molecule has 0 spiro atoms. The molecule has 4 atom stereocenters. The van der Waals surface area contributed by atoms with Crippen LogP contribution < -0.4 is 0 Å². The SMILES string of the molecule is C[C@@H]1[C@@H](O)[C@H](O)[C@@H](O)CN1C[C@H]1CC[C@H](C(C)(C)C)CC1. The van der Waals surface area contributed by atoms with Crippen LogP contribution in [0.15, 0.2) is 0 Å². The molecule has 124 valence electrons. The largest absolute Gasteiger partial charge is 0.389 e. The molecule has 1 aliphatic heterocycles. The summed E-state index contributed by atoms with van der Waals surface area (Å²) in [5.74, 6) is 1.46. The predicted molar refractivity (Wildman–Crippen MR) is 84.0 cm³/mol. The van der Waals surface area contributed by atoms with E-state index < -0.39 is 18.3 Å². The number of aliphatic hydroxyl groups is 3. The monoisotopic (exact) mass is 299 g/mol. The van der Waals surface area contributed by atoms with E-state index in [0.29, 0.717) is 17.9 Å². The van der Waals surface area contributed by atoms with Crippen molar-refractivity contribution < 1.29 is 15.3 Å². The number of aliphatic hydroxyl groups excluding tert-OH is 3. The van der Waals surface area contributed by atoms with Crippen LogP contribution in [-0.2, 0) is 0 Å². The van der Waals surface area contributed by atoms with Gasteiger partial charge < -0.3 is 15.3 Å². The van der Waals surface area contributed by atoms with Crippen molar-refractivity contribution in [3.8, 4) is 0 Å². The summed E-state index contributed by atoms with van der Waals surface area (Å²) >= 11 is 0. The maximum atomic E-state index is 10.0. The van der Waals surface area contributed by atoms with Gasteiger partial charge in [0.05, 0.1) is 12.2 Å². The summed E-state index contributed by atoms with van der Waals surface area (Å²) in [5.41, 5.74) is 0.403. The normalized spacial score (nSPS) is 43.0. The van der Waals surface area contributed by atoms with Crippen LogP contribution in [0.4, 0.5) is 0 Å². The van der Waals surface area contributed by atoms with Crippen LogP contribution in [0.1, 0.15) is 53.4 Å². The van der Waals surface area contributed by atoms with E-state index in [1.54, 1.807) is 0 Å². The van der Waals surface area contributed by atoms with Gasteiger partial charge in [-0.3, -0.25) is 4.90 Å². The van der Waals surface area contributed by atoms with Crippen LogP contribution in [0, 0.1) is 17.3 Å². The number of β-amino-alcohol motifs (C(OH)–C–C–N with tert-alkyl or cyclic N) is 1. The first kappa shape index (κ1) is 17.2. The minimum atomic E-state index is -1.01. The quantitative estimate of drug-likeness (QED) is 0.725. The van der Waals surface area contributed by atoms with Crippen LogP contribution in [0.3, 0.4) is 0 Å². The lowest BCUT2D eigenvalue weighted by molar-refractivity contribution is -0.136. The van der Waals surface area contributed by atoms with E-state index in [4.69, 9.17) is 0 Å². The second-order valence-corrected chi connectivity index (χ2v) is 8.33. The van der Waals surface area contributed by atoms with Gasteiger partial charge in [0.15, 0.2) is 0 Å². The standard InChI is InChI=1S/C17H33NO3/c1-11-15(20)16(21)14(19)10-18(11)9-12-5-7-13(8-6-12)17(2,3)4/h11-16,19-21H,5-10H2,1-4H3/t11-,12-,13-,14+,15-,16-/m1/s1. The number of nitrogens with zero attached hydrogens (tertiary/aromatic N) is 1. The Morgan fingerprint density at radius 1 is 0.952 bits per heavy atom. The van der Waals surface area contributed by atoms with Gasteiger partial charge >= 0.3 is 0 Å². The molecule has 2 rings (SSSR count). The van der Waals surface area contributed by atoms with Crippen LogP contribution >= 0.6 is 0 Å². The molecule has 0 bridgehead atoms. The second kappa shape index (κ2) is 6.53. The lowest BCUT2D eigenvalue weighted by Crippen LogP contribution is -2.60. The molecule has 4 heteroatoms. The molecular weight excluding hydrogens is 266 g/mol.